The van der Waals surface area contributed by atoms with Crippen LogP contribution in [-0.2, 0) is 0 Å². The van der Waals surface area contributed by atoms with E-state index in [1.54, 1.807) is 6.07 Å². The molecule has 0 bridgehead atoms. The molecule has 1 atom stereocenters. The molecule has 7 heteroatoms. The molecular formula is C7H7F3N4. The monoisotopic (exact) mass is 204 g/mol. The SMILES string of the molecule is N#Cc1cnn(C(CN)C(F)(F)F)c1. The minimum absolute atomic E-state index is 0.0766. The van der Waals surface area contributed by atoms with Crippen molar-refractivity contribution < 1.29 is 13.2 Å². The molecule has 1 heterocycles. The van der Waals surface area contributed by atoms with Gasteiger partial charge >= 0.3 is 6.18 Å². The predicted molar refractivity (Wildman–Crippen MR) is 41.1 cm³/mol. The van der Waals surface area contributed by atoms with E-state index in [-0.39, 0.29) is 5.56 Å². The normalized spacial score (nSPS) is 13.6. The van der Waals surface area contributed by atoms with Gasteiger partial charge in [0.1, 0.15) is 6.07 Å². The molecule has 0 saturated heterocycles. The van der Waals surface area contributed by atoms with Crippen LogP contribution in [0.1, 0.15) is 11.6 Å². The Bertz CT molecular complexity index is 349. The zero-order valence-electron chi connectivity index (χ0n) is 6.99. The molecule has 0 aliphatic carbocycles. The Labute approximate surface area is 77.7 Å². The van der Waals surface area contributed by atoms with Crippen LogP contribution in [0.3, 0.4) is 0 Å². The van der Waals surface area contributed by atoms with Gasteiger partial charge in [-0.05, 0) is 0 Å². The number of aromatic nitrogens is 2. The number of nitrogens with two attached hydrogens (primary N) is 1. The molecule has 1 aromatic heterocycles. The molecule has 1 rings (SSSR count). The summed E-state index contributed by atoms with van der Waals surface area (Å²) in [5.41, 5.74) is 5.05. The summed E-state index contributed by atoms with van der Waals surface area (Å²) in [6, 6.07) is -0.184. The summed E-state index contributed by atoms with van der Waals surface area (Å²) >= 11 is 0. The van der Waals surface area contributed by atoms with Crippen molar-refractivity contribution in [3.8, 4) is 6.07 Å². The van der Waals surface area contributed by atoms with E-state index in [0.29, 0.717) is 4.68 Å². The van der Waals surface area contributed by atoms with Crippen molar-refractivity contribution in [3.63, 3.8) is 0 Å². The molecule has 1 aromatic rings. The van der Waals surface area contributed by atoms with Crippen molar-refractivity contribution in [2.24, 2.45) is 5.73 Å². The van der Waals surface area contributed by atoms with E-state index in [1.807, 2.05) is 0 Å². The Morgan fingerprint density at radius 3 is 2.64 bits per heavy atom. The second kappa shape index (κ2) is 3.67. The number of hydrogen-bond donors (Lipinski definition) is 1. The lowest BCUT2D eigenvalue weighted by Crippen LogP contribution is -2.33. The Balaban J connectivity index is 2.97. The standard InChI is InChI=1S/C7H7F3N4/c8-7(9,10)6(2-12)14-4-5(1-11)3-13-14/h3-4,6H,2,12H2. The molecule has 2 N–H and O–H groups in total. The van der Waals surface area contributed by atoms with Crippen molar-refractivity contribution in [1.82, 2.24) is 9.78 Å². The molecular weight excluding hydrogens is 197 g/mol. The number of nitrogens with zero attached hydrogens (tertiary/aromatic N) is 3. The van der Waals surface area contributed by atoms with Gasteiger partial charge in [-0.25, -0.2) is 0 Å². The molecule has 0 fully saturated rings. The first kappa shape index (κ1) is 10.5. The zero-order chi connectivity index (χ0) is 10.8. The summed E-state index contributed by atoms with van der Waals surface area (Å²) in [5.74, 6) is 0. The van der Waals surface area contributed by atoms with Crippen LogP contribution in [-0.4, -0.2) is 22.5 Å². The molecule has 0 aromatic carbocycles. The van der Waals surface area contributed by atoms with Crippen molar-refractivity contribution in [1.29, 1.82) is 5.26 Å². The first-order valence-electron chi connectivity index (χ1n) is 3.70. The van der Waals surface area contributed by atoms with Gasteiger partial charge in [0.05, 0.1) is 11.8 Å². The Hall–Kier alpha value is -1.55. The Kier molecular flexibility index (Phi) is 2.76. The molecule has 0 aliphatic heterocycles. The van der Waals surface area contributed by atoms with E-state index in [2.05, 4.69) is 5.10 Å². The number of rotatable bonds is 2. The molecule has 0 saturated carbocycles. The van der Waals surface area contributed by atoms with E-state index < -0.39 is 18.8 Å². The highest BCUT2D eigenvalue weighted by atomic mass is 19.4. The van der Waals surface area contributed by atoms with Gasteiger partial charge in [-0.15, -0.1) is 0 Å². The summed E-state index contributed by atoms with van der Waals surface area (Å²) in [6.45, 7) is -0.601. The average molecular weight is 204 g/mol. The maximum atomic E-state index is 12.3. The number of hydrogen-bond acceptors (Lipinski definition) is 3. The molecule has 0 aliphatic rings. The number of halogens is 3. The summed E-state index contributed by atoms with van der Waals surface area (Å²) in [7, 11) is 0. The topological polar surface area (TPSA) is 67.6 Å². The lowest BCUT2D eigenvalue weighted by atomic mass is 10.3. The van der Waals surface area contributed by atoms with Gasteiger partial charge in [-0.2, -0.15) is 23.5 Å². The van der Waals surface area contributed by atoms with E-state index in [1.165, 1.54) is 0 Å². The second-order valence-electron chi connectivity index (χ2n) is 2.61. The van der Waals surface area contributed by atoms with Crippen LogP contribution in [0.25, 0.3) is 0 Å². The van der Waals surface area contributed by atoms with Crippen LogP contribution in [0.5, 0.6) is 0 Å². The molecule has 14 heavy (non-hydrogen) atoms. The van der Waals surface area contributed by atoms with Crippen LogP contribution in [0, 0.1) is 11.3 Å². The number of nitriles is 1. The third-order valence-corrected chi connectivity index (χ3v) is 1.65. The molecule has 0 amide bonds. The summed E-state index contributed by atoms with van der Waals surface area (Å²) in [5, 5.41) is 11.8. The fourth-order valence-corrected chi connectivity index (χ4v) is 0.958. The van der Waals surface area contributed by atoms with E-state index in [9.17, 15) is 13.2 Å². The minimum atomic E-state index is -4.45. The van der Waals surface area contributed by atoms with Gasteiger partial charge in [0.2, 0.25) is 0 Å². The highest BCUT2D eigenvalue weighted by molar-refractivity contribution is 5.22. The maximum Gasteiger partial charge on any atom is 0.412 e. The van der Waals surface area contributed by atoms with Crippen molar-refractivity contribution in [3.05, 3.63) is 18.0 Å². The molecule has 4 nitrogen and oxygen atoms in total. The van der Waals surface area contributed by atoms with E-state index in [4.69, 9.17) is 11.0 Å². The summed E-state index contributed by atoms with van der Waals surface area (Å²) in [4.78, 5) is 0. The van der Waals surface area contributed by atoms with Crippen LogP contribution in [0.4, 0.5) is 13.2 Å². The minimum Gasteiger partial charge on any atom is -0.328 e. The first-order valence-corrected chi connectivity index (χ1v) is 3.70. The third kappa shape index (κ3) is 2.03. The Morgan fingerprint density at radius 1 is 1.64 bits per heavy atom. The smallest absolute Gasteiger partial charge is 0.328 e. The van der Waals surface area contributed by atoms with Crippen molar-refractivity contribution >= 4 is 0 Å². The van der Waals surface area contributed by atoms with Crippen LogP contribution < -0.4 is 5.73 Å². The third-order valence-electron chi connectivity index (χ3n) is 1.65. The van der Waals surface area contributed by atoms with Crippen LogP contribution >= 0.6 is 0 Å². The zero-order valence-corrected chi connectivity index (χ0v) is 6.99. The van der Waals surface area contributed by atoms with Gasteiger partial charge < -0.3 is 5.73 Å². The van der Waals surface area contributed by atoms with Crippen molar-refractivity contribution in [2.45, 2.75) is 12.2 Å². The van der Waals surface area contributed by atoms with Crippen LogP contribution in [0.15, 0.2) is 12.4 Å². The lowest BCUT2D eigenvalue weighted by Gasteiger charge is -2.18. The molecule has 76 valence electrons. The molecule has 0 radical (unpaired) electrons. The van der Waals surface area contributed by atoms with Gasteiger partial charge in [0, 0.05) is 12.7 Å². The van der Waals surface area contributed by atoms with Gasteiger partial charge in [0.25, 0.3) is 0 Å². The predicted octanol–water partition coefficient (Wildman–Crippen LogP) is 0.817. The fourth-order valence-electron chi connectivity index (χ4n) is 0.958. The van der Waals surface area contributed by atoms with Gasteiger partial charge in [0.15, 0.2) is 6.04 Å². The van der Waals surface area contributed by atoms with Crippen molar-refractivity contribution in [2.75, 3.05) is 6.54 Å². The highest BCUT2D eigenvalue weighted by Crippen LogP contribution is 2.28. The maximum absolute atomic E-state index is 12.3. The quantitative estimate of drug-likeness (QED) is 0.775. The average Bonchev–Trinajstić information content (AvgIpc) is 2.51. The lowest BCUT2D eigenvalue weighted by molar-refractivity contribution is -0.167. The Morgan fingerprint density at radius 2 is 2.29 bits per heavy atom. The summed E-state index contributed by atoms with van der Waals surface area (Å²) in [6.07, 6.45) is -2.37. The molecule has 1 unspecified atom stereocenters. The van der Waals surface area contributed by atoms with E-state index in [0.717, 1.165) is 12.4 Å². The van der Waals surface area contributed by atoms with Gasteiger partial charge in [-0.1, -0.05) is 0 Å². The fraction of sp³-hybridized carbons (Fsp3) is 0.429. The highest BCUT2D eigenvalue weighted by Gasteiger charge is 2.40. The van der Waals surface area contributed by atoms with Gasteiger partial charge in [-0.3, -0.25) is 4.68 Å². The summed E-state index contributed by atoms with van der Waals surface area (Å²) < 4.78 is 37.5. The van der Waals surface area contributed by atoms with Crippen LogP contribution in [0.2, 0.25) is 0 Å². The second-order valence-corrected chi connectivity index (χ2v) is 2.61. The first-order chi connectivity index (χ1) is 6.49. The molecule has 0 spiro atoms. The largest absolute Gasteiger partial charge is 0.412 e. The number of alkyl halides is 3. The van der Waals surface area contributed by atoms with E-state index >= 15 is 0 Å².